The fourth-order valence-electron chi connectivity index (χ4n) is 6.67. The van der Waals surface area contributed by atoms with E-state index in [2.05, 4.69) is 47.4 Å². The van der Waals surface area contributed by atoms with Crippen LogP contribution < -0.4 is 0 Å². The summed E-state index contributed by atoms with van der Waals surface area (Å²) in [7, 11) is 0. The molecule has 1 heterocycles. The number of benzene rings is 2. The predicted octanol–water partition coefficient (Wildman–Crippen LogP) is 6.13. The molecule has 3 aliphatic rings. The van der Waals surface area contributed by atoms with Gasteiger partial charge >= 0.3 is 0 Å². The zero-order chi connectivity index (χ0) is 19.0. The van der Waals surface area contributed by atoms with E-state index in [9.17, 15) is 5.11 Å². The molecule has 3 fully saturated rings. The van der Waals surface area contributed by atoms with Gasteiger partial charge in [0.25, 0.3) is 0 Å². The minimum absolute atomic E-state index is 0. The maximum Gasteiger partial charge on any atom is 0.115 e. The Morgan fingerprint density at radius 3 is 2.62 bits per heavy atom. The number of aromatic hydroxyl groups is 1. The van der Waals surface area contributed by atoms with Crippen molar-refractivity contribution >= 4 is 17.0 Å². The lowest BCUT2D eigenvalue weighted by Gasteiger charge is -2.58. The van der Waals surface area contributed by atoms with Crippen LogP contribution in [0.1, 0.15) is 56.1 Å². The van der Waals surface area contributed by atoms with Crippen LogP contribution in [0.5, 0.6) is 5.75 Å². The first kappa shape index (κ1) is 20.9. The third-order valence-electron chi connectivity index (χ3n) is 8.05. The second-order valence-corrected chi connectivity index (χ2v) is 9.54. The summed E-state index contributed by atoms with van der Waals surface area (Å²) in [4.78, 5) is 2.83. The molecule has 5 rings (SSSR count). The smallest absolute Gasteiger partial charge is 0.115 e. The van der Waals surface area contributed by atoms with Crippen molar-refractivity contribution in [3.05, 3.63) is 65.7 Å². The number of phenols is 1. The molecule has 0 spiro atoms. The zero-order valence-corrected chi connectivity index (χ0v) is 19.0. The number of likely N-dealkylation sites (tertiary alicyclic amines) is 1. The molecule has 0 aromatic heterocycles. The highest BCUT2D eigenvalue weighted by atomic mass is 79.9. The van der Waals surface area contributed by atoms with E-state index < -0.39 is 0 Å². The molecule has 2 saturated carbocycles. The highest BCUT2D eigenvalue weighted by Gasteiger charge is 2.51. The molecule has 29 heavy (non-hydrogen) atoms. The maximum absolute atomic E-state index is 10.1. The van der Waals surface area contributed by atoms with Gasteiger partial charge in [-0.3, -0.25) is 4.90 Å². The van der Waals surface area contributed by atoms with Gasteiger partial charge in [-0.2, -0.15) is 0 Å². The summed E-state index contributed by atoms with van der Waals surface area (Å²) in [5, 5.41) is 10.1. The first-order valence-electron chi connectivity index (χ1n) is 11.3. The molecule has 2 aromatic rings. The molecule has 2 aliphatic carbocycles. The molecule has 1 aliphatic heterocycles. The topological polar surface area (TPSA) is 23.5 Å². The van der Waals surface area contributed by atoms with Gasteiger partial charge in [0.1, 0.15) is 5.75 Å². The Morgan fingerprint density at radius 2 is 1.79 bits per heavy atom. The minimum atomic E-state index is 0. The summed E-state index contributed by atoms with van der Waals surface area (Å²) in [6.45, 7) is 2.39. The first-order chi connectivity index (χ1) is 13.7. The Labute approximate surface area is 186 Å². The van der Waals surface area contributed by atoms with Crippen molar-refractivity contribution in [2.75, 3.05) is 13.1 Å². The fourth-order valence-corrected chi connectivity index (χ4v) is 6.67. The van der Waals surface area contributed by atoms with Gasteiger partial charge in [-0.25, -0.2) is 0 Å². The average Bonchev–Trinajstić information content (AvgIpc) is 2.74. The maximum atomic E-state index is 10.1. The van der Waals surface area contributed by atoms with Crippen LogP contribution >= 0.6 is 17.0 Å². The highest BCUT2D eigenvalue weighted by Crippen LogP contribution is 2.55. The Balaban J connectivity index is 0.00000205. The molecule has 3 heteroatoms. The Kier molecular flexibility index (Phi) is 6.36. The summed E-state index contributed by atoms with van der Waals surface area (Å²) in [6, 6.07) is 19.9. The van der Waals surface area contributed by atoms with Gasteiger partial charge in [-0.05, 0) is 79.2 Å². The van der Waals surface area contributed by atoms with E-state index >= 15 is 0 Å². The number of hydrogen-bond donors (Lipinski definition) is 1. The van der Waals surface area contributed by atoms with Crippen molar-refractivity contribution in [1.29, 1.82) is 0 Å². The molecular formula is C26H34BrNO. The van der Waals surface area contributed by atoms with E-state index in [0.717, 1.165) is 24.3 Å². The Hall–Kier alpha value is -1.32. The number of halogens is 1. The lowest BCUT2D eigenvalue weighted by Crippen LogP contribution is -2.58. The van der Waals surface area contributed by atoms with E-state index in [4.69, 9.17) is 0 Å². The molecule has 2 bridgehead atoms. The van der Waals surface area contributed by atoms with Crippen molar-refractivity contribution < 1.29 is 5.11 Å². The number of rotatable bonds is 4. The zero-order valence-electron chi connectivity index (χ0n) is 17.3. The van der Waals surface area contributed by atoms with Crippen LogP contribution in [-0.2, 0) is 11.8 Å². The molecular weight excluding hydrogens is 422 g/mol. The lowest BCUT2D eigenvalue weighted by atomic mass is 9.54. The van der Waals surface area contributed by atoms with Crippen LogP contribution in [0, 0.1) is 11.8 Å². The van der Waals surface area contributed by atoms with Crippen LogP contribution in [-0.4, -0.2) is 29.1 Å². The van der Waals surface area contributed by atoms with E-state index in [1.54, 1.807) is 0 Å². The van der Waals surface area contributed by atoms with Crippen LogP contribution in [0.4, 0.5) is 0 Å². The monoisotopic (exact) mass is 455 g/mol. The number of hydrogen-bond acceptors (Lipinski definition) is 2. The van der Waals surface area contributed by atoms with E-state index in [1.807, 2.05) is 12.1 Å². The lowest BCUT2D eigenvalue weighted by molar-refractivity contribution is -0.0373. The van der Waals surface area contributed by atoms with Crippen LogP contribution in [0.3, 0.4) is 0 Å². The molecule has 1 saturated heterocycles. The second-order valence-electron chi connectivity index (χ2n) is 9.54. The quantitative estimate of drug-likeness (QED) is 0.599. The highest BCUT2D eigenvalue weighted by molar-refractivity contribution is 8.93. The summed E-state index contributed by atoms with van der Waals surface area (Å²) < 4.78 is 0. The second kappa shape index (κ2) is 8.81. The van der Waals surface area contributed by atoms with Crippen molar-refractivity contribution in [1.82, 2.24) is 4.90 Å². The molecule has 2 nitrogen and oxygen atoms in total. The predicted molar refractivity (Wildman–Crippen MR) is 125 cm³/mol. The Morgan fingerprint density at radius 1 is 0.966 bits per heavy atom. The Bertz CT molecular complexity index is 809. The molecule has 1 N–H and O–H groups in total. The third kappa shape index (κ3) is 4.14. The number of nitrogens with zero attached hydrogens (tertiary/aromatic N) is 1. The van der Waals surface area contributed by atoms with E-state index in [-0.39, 0.29) is 22.4 Å². The van der Waals surface area contributed by atoms with Crippen molar-refractivity contribution in [3.63, 3.8) is 0 Å². The summed E-state index contributed by atoms with van der Waals surface area (Å²) >= 11 is 0. The van der Waals surface area contributed by atoms with Crippen molar-refractivity contribution in [2.45, 2.75) is 62.8 Å². The van der Waals surface area contributed by atoms with Gasteiger partial charge in [0.2, 0.25) is 0 Å². The summed E-state index contributed by atoms with van der Waals surface area (Å²) in [6.07, 6.45) is 10.7. The van der Waals surface area contributed by atoms with Gasteiger partial charge < -0.3 is 5.11 Å². The van der Waals surface area contributed by atoms with Gasteiger partial charge in [0.05, 0.1) is 0 Å². The summed E-state index contributed by atoms with van der Waals surface area (Å²) in [5.41, 5.74) is 3.14. The van der Waals surface area contributed by atoms with Gasteiger partial charge in [0, 0.05) is 12.6 Å². The molecule has 0 unspecified atom stereocenters. The van der Waals surface area contributed by atoms with E-state index in [0.29, 0.717) is 5.75 Å². The molecule has 156 valence electrons. The fraction of sp³-hybridized carbons (Fsp3) is 0.538. The number of fused-ring (bicyclic) bond motifs is 4. The van der Waals surface area contributed by atoms with Crippen molar-refractivity contribution in [2.24, 2.45) is 11.8 Å². The van der Waals surface area contributed by atoms with Crippen LogP contribution in [0.15, 0.2) is 54.6 Å². The van der Waals surface area contributed by atoms with Gasteiger partial charge in [-0.15, -0.1) is 17.0 Å². The van der Waals surface area contributed by atoms with Crippen molar-refractivity contribution in [3.8, 4) is 5.75 Å². The standard InChI is InChI=1S/C26H33NO.BrH/c28-23-11-6-10-22(17-23)26-14-16-27(15-13-20-7-2-1-3-8-20)25(19-26)24-12-5-4-9-21(24)18-26;/h1-3,6-8,10-11,17,21,24-25,28H,4-5,9,12-16,18-19H2;1H/t21-,24+,25+,26+;/m1./s1. The van der Waals surface area contributed by atoms with Gasteiger partial charge in [-0.1, -0.05) is 61.7 Å². The summed E-state index contributed by atoms with van der Waals surface area (Å²) in [5.74, 6) is 2.19. The molecule has 0 radical (unpaired) electrons. The van der Waals surface area contributed by atoms with Crippen LogP contribution in [0.2, 0.25) is 0 Å². The molecule has 2 aromatic carbocycles. The van der Waals surface area contributed by atoms with Crippen LogP contribution in [0.25, 0.3) is 0 Å². The largest absolute Gasteiger partial charge is 0.508 e. The number of phenolic OH excluding ortho intramolecular Hbond substituents is 1. The van der Waals surface area contributed by atoms with E-state index in [1.165, 1.54) is 69.2 Å². The SMILES string of the molecule is Br.Oc1cccc([C@]23CCN(CCc4ccccc4)[C@@H](C2)[C@H]2CCCC[C@@H]2C3)c1. The molecule has 4 atom stereocenters. The number of piperidine rings is 1. The average molecular weight is 456 g/mol. The normalized spacial score (nSPS) is 31.5. The van der Waals surface area contributed by atoms with Gasteiger partial charge in [0.15, 0.2) is 0 Å². The first-order valence-corrected chi connectivity index (χ1v) is 11.3. The third-order valence-corrected chi connectivity index (χ3v) is 8.05. The molecule has 0 amide bonds. The minimum Gasteiger partial charge on any atom is -0.508 e.